The van der Waals surface area contributed by atoms with Gasteiger partial charge >= 0.3 is 0 Å². The molecule has 0 aromatic carbocycles. The molecule has 1 unspecified atom stereocenters. The van der Waals surface area contributed by atoms with Crippen LogP contribution in [0.4, 0.5) is 5.95 Å². The predicted octanol–water partition coefficient (Wildman–Crippen LogP) is 0.182. The van der Waals surface area contributed by atoms with Gasteiger partial charge in [-0.1, -0.05) is 0 Å². The highest BCUT2D eigenvalue weighted by Crippen LogP contribution is 2.09. The minimum atomic E-state index is 0.266. The Morgan fingerprint density at radius 1 is 1.41 bits per heavy atom. The van der Waals surface area contributed by atoms with Crippen molar-refractivity contribution in [2.45, 2.75) is 25.9 Å². The van der Waals surface area contributed by atoms with E-state index in [4.69, 9.17) is 4.74 Å². The minimum absolute atomic E-state index is 0.266. The first-order chi connectivity index (χ1) is 8.29. The van der Waals surface area contributed by atoms with Gasteiger partial charge in [0, 0.05) is 39.7 Å². The van der Waals surface area contributed by atoms with Crippen molar-refractivity contribution in [1.82, 2.24) is 20.5 Å². The van der Waals surface area contributed by atoms with Gasteiger partial charge in [-0.3, -0.25) is 5.10 Å². The van der Waals surface area contributed by atoms with E-state index in [2.05, 4.69) is 32.3 Å². The average Bonchev–Trinajstić information content (AvgIpc) is 2.86. The highest BCUT2D eigenvalue weighted by molar-refractivity contribution is 5.29. The first-order valence-electron chi connectivity index (χ1n) is 6.19. The molecule has 6 heteroatoms. The lowest BCUT2D eigenvalue weighted by Gasteiger charge is -2.25. The molecule has 0 radical (unpaired) electrons. The Labute approximate surface area is 102 Å². The van der Waals surface area contributed by atoms with Crippen LogP contribution in [0.25, 0.3) is 0 Å². The number of nitrogens with one attached hydrogen (secondary N) is 2. The Hall–Kier alpha value is -1.14. The van der Waals surface area contributed by atoms with Crippen molar-refractivity contribution >= 4 is 5.95 Å². The molecule has 1 atom stereocenters. The monoisotopic (exact) mass is 239 g/mol. The standard InChI is InChI=1S/C11H21N5O/c1-9(17-2)3-4-10-13-11(15-14-10)16-7-5-12-6-8-16/h9,12H,3-8H2,1-2H3,(H,13,14,15). The lowest BCUT2D eigenvalue weighted by Crippen LogP contribution is -2.44. The van der Waals surface area contributed by atoms with Gasteiger partial charge in [-0.15, -0.1) is 5.10 Å². The number of piperazine rings is 1. The number of rotatable bonds is 5. The second-order valence-corrected chi connectivity index (χ2v) is 4.40. The van der Waals surface area contributed by atoms with E-state index in [0.29, 0.717) is 0 Å². The fourth-order valence-electron chi connectivity index (χ4n) is 1.86. The predicted molar refractivity (Wildman–Crippen MR) is 66.3 cm³/mol. The number of aryl methyl sites for hydroxylation is 1. The van der Waals surface area contributed by atoms with Crippen molar-refractivity contribution in [2.75, 3.05) is 38.2 Å². The fourth-order valence-corrected chi connectivity index (χ4v) is 1.86. The number of hydrogen-bond acceptors (Lipinski definition) is 5. The van der Waals surface area contributed by atoms with E-state index in [1.54, 1.807) is 7.11 Å². The van der Waals surface area contributed by atoms with Gasteiger partial charge in [-0.05, 0) is 13.3 Å². The zero-order valence-electron chi connectivity index (χ0n) is 10.6. The van der Waals surface area contributed by atoms with Crippen molar-refractivity contribution in [3.8, 4) is 0 Å². The van der Waals surface area contributed by atoms with E-state index in [1.807, 2.05) is 0 Å². The number of aromatic amines is 1. The third-order valence-electron chi connectivity index (χ3n) is 3.11. The molecule has 1 aliphatic heterocycles. The lowest BCUT2D eigenvalue weighted by molar-refractivity contribution is 0.111. The lowest BCUT2D eigenvalue weighted by atomic mass is 10.2. The van der Waals surface area contributed by atoms with Crippen LogP contribution in [-0.2, 0) is 11.2 Å². The molecule has 0 aliphatic carbocycles. The molecule has 1 fully saturated rings. The van der Waals surface area contributed by atoms with Gasteiger partial charge in [0.25, 0.3) is 0 Å². The van der Waals surface area contributed by atoms with Gasteiger partial charge in [0.05, 0.1) is 6.10 Å². The Kier molecular flexibility index (Phi) is 4.33. The van der Waals surface area contributed by atoms with Gasteiger partial charge in [0.2, 0.25) is 5.95 Å². The molecule has 17 heavy (non-hydrogen) atoms. The summed E-state index contributed by atoms with van der Waals surface area (Å²) in [4.78, 5) is 6.72. The summed E-state index contributed by atoms with van der Waals surface area (Å²) in [5, 5.41) is 10.6. The topological polar surface area (TPSA) is 66.1 Å². The van der Waals surface area contributed by atoms with Gasteiger partial charge < -0.3 is 15.0 Å². The van der Waals surface area contributed by atoms with Crippen molar-refractivity contribution in [2.24, 2.45) is 0 Å². The summed E-state index contributed by atoms with van der Waals surface area (Å²) in [5.74, 6) is 1.77. The second-order valence-electron chi connectivity index (χ2n) is 4.40. The maximum Gasteiger partial charge on any atom is 0.244 e. The highest BCUT2D eigenvalue weighted by Gasteiger charge is 2.15. The molecule has 0 spiro atoms. The maximum absolute atomic E-state index is 5.21. The van der Waals surface area contributed by atoms with Crippen LogP contribution >= 0.6 is 0 Å². The Morgan fingerprint density at radius 3 is 2.88 bits per heavy atom. The van der Waals surface area contributed by atoms with E-state index < -0.39 is 0 Å². The molecule has 6 nitrogen and oxygen atoms in total. The van der Waals surface area contributed by atoms with Crippen LogP contribution in [-0.4, -0.2) is 54.6 Å². The van der Waals surface area contributed by atoms with Crippen molar-refractivity contribution in [3.63, 3.8) is 0 Å². The summed E-state index contributed by atoms with van der Waals surface area (Å²) in [7, 11) is 1.73. The third kappa shape index (κ3) is 3.41. The minimum Gasteiger partial charge on any atom is -0.382 e. The van der Waals surface area contributed by atoms with Crippen molar-refractivity contribution < 1.29 is 4.74 Å². The van der Waals surface area contributed by atoms with E-state index in [1.165, 1.54) is 0 Å². The van der Waals surface area contributed by atoms with Crippen LogP contribution < -0.4 is 10.2 Å². The second kappa shape index (κ2) is 5.97. The fraction of sp³-hybridized carbons (Fsp3) is 0.818. The Morgan fingerprint density at radius 2 is 2.18 bits per heavy atom. The summed E-state index contributed by atoms with van der Waals surface area (Å²) in [6, 6.07) is 0. The van der Waals surface area contributed by atoms with E-state index >= 15 is 0 Å². The Balaban J connectivity index is 1.86. The van der Waals surface area contributed by atoms with Crippen LogP contribution in [0.3, 0.4) is 0 Å². The van der Waals surface area contributed by atoms with Gasteiger partial charge in [-0.25, -0.2) is 0 Å². The summed E-state index contributed by atoms with van der Waals surface area (Å²) in [6.45, 7) is 6.03. The molecule has 2 rings (SSSR count). The van der Waals surface area contributed by atoms with Gasteiger partial charge in [0.15, 0.2) is 0 Å². The summed E-state index contributed by atoms with van der Waals surface area (Å²) >= 11 is 0. The number of hydrogen-bond donors (Lipinski definition) is 2. The number of aromatic nitrogens is 3. The summed E-state index contributed by atoms with van der Waals surface area (Å²) in [6.07, 6.45) is 2.11. The first-order valence-corrected chi connectivity index (χ1v) is 6.19. The van der Waals surface area contributed by atoms with Crippen LogP contribution in [0.1, 0.15) is 19.2 Å². The Bertz CT molecular complexity index is 334. The highest BCUT2D eigenvalue weighted by atomic mass is 16.5. The molecule has 2 heterocycles. The molecule has 0 saturated carbocycles. The van der Waals surface area contributed by atoms with E-state index in [-0.39, 0.29) is 6.10 Å². The van der Waals surface area contributed by atoms with Crippen molar-refractivity contribution in [3.05, 3.63) is 5.82 Å². The smallest absolute Gasteiger partial charge is 0.244 e. The van der Waals surface area contributed by atoms with Crippen LogP contribution in [0, 0.1) is 0 Å². The van der Waals surface area contributed by atoms with Crippen LogP contribution in [0.15, 0.2) is 0 Å². The third-order valence-corrected chi connectivity index (χ3v) is 3.11. The van der Waals surface area contributed by atoms with Gasteiger partial charge in [0.1, 0.15) is 5.82 Å². The number of methoxy groups -OCH3 is 1. The van der Waals surface area contributed by atoms with E-state index in [9.17, 15) is 0 Å². The molecule has 1 aromatic heterocycles. The van der Waals surface area contributed by atoms with E-state index in [0.717, 1.165) is 50.8 Å². The largest absolute Gasteiger partial charge is 0.382 e. The number of ether oxygens (including phenoxy) is 1. The molecule has 2 N–H and O–H groups in total. The van der Waals surface area contributed by atoms with Gasteiger partial charge in [-0.2, -0.15) is 4.98 Å². The molecular formula is C11H21N5O. The van der Waals surface area contributed by atoms with Crippen LogP contribution in [0.5, 0.6) is 0 Å². The number of nitrogens with zero attached hydrogens (tertiary/aromatic N) is 3. The molecular weight excluding hydrogens is 218 g/mol. The average molecular weight is 239 g/mol. The normalized spacial score (nSPS) is 18.4. The maximum atomic E-state index is 5.21. The SMILES string of the molecule is COC(C)CCc1nc(N2CCNCC2)n[nH]1. The molecule has 1 saturated heterocycles. The van der Waals surface area contributed by atoms with Crippen molar-refractivity contribution in [1.29, 1.82) is 0 Å². The summed E-state index contributed by atoms with van der Waals surface area (Å²) in [5.41, 5.74) is 0. The molecule has 1 aliphatic rings. The zero-order valence-corrected chi connectivity index (χ0v) is 10.6. The molecule has 96 valence electrons. The van der Waals surface area contributed by atoms with Crippen LogP contribution in [0.2, 0.25) is 0 Å². The molecule has 1 aromatic rings. The first kappa shape index (κ1) is 12.3. The summed E-state index contributed by atoms with van der Waals surface area (Å²) < 4.78 is 5.21. The number of H-pyrrole nitrogens is 1. The zero-order chi connectivity index (χ0) is 12.1. The molecule has 0 amide bonds. The quantitative estimate of drug-likeness (QED) is 0.767. The molecule has 0 bridgehead atoms. The number of anilines is 1.